The summed E-state index contributed by atoms with van der Waals surface area (Å²) in [5.41, 5.74) is 1.09. The Kier molecular flexibility index (Phi) is 6.35. The summed E-state index contributed by atoms with van der Waals surface area (Å²) < 4.78 is 0. The zero-order valence-corrected chi connectivity index (χ0v) is 14.2. The van der Waals surface area contributed by atoms with E-state index in [2.05, 4.69) is 10.6 Å². The van der Waals surface area contributed by atoms with Gasteiger partial charge in [0.05, 0.1) is 10.6 Å². The van der Waals surface area contributed by atoms with Crippen molar-refractivity contribution in [3.63, 3.8) is 0 Å². The first kappa shape index (κ1) is 19.0. The van der Waals surface area contributed by atoms with Crippen LogP contribution in [0.2, 0.25) is 5.02 Å². The summed E-state index contributed by atoms with van der Waals surface area (Å²) in [6.45, 7) is 0.215. The van der Waals surface area contributed by atoms with Crippen LogP contribution in [0.5, 0.6) is 5.75 Å². The van der Waals surface area contributed by atoms with Gasteiger partial charge in [-0.05, 0) is 35.9 Å². The van der Waals surface area contributed by atoms with Crippen molar-refractivity contribution < 1.29 is 24.6 Å². The van der Waals surface area contributed by atoms with Gasteiger partial charge >= 0.3 is 5.97 Å². The summed E-state index contributed by atoms with van der Waals surface area (Å²) in [5.74, 6) is -2.09. The maximum absolute atomic E-state index is 12.2. The Morgan fingerprint density at radius 1 is 1.08 bits per heavy atom. The van der Waals surface area contributed by atoms with Gasteiger partial charge in [-0.3, -0.25) is 9.59 Å². The number of rotatable bonds is 6. The van der Waals surface area contributed by atoms with Gasteiger partial charge in [-0.2, -0.15) is 0 Å². The number of carbonyl (C=O) groups is 3. The molecule has 0 fully saturated rings. The fraction of sp³-hybridized carbons (Fsp3) is 0.0556. The number of hydrogen-bond acceptors (Lipinski definition) is 4. The molecule has 8 heteroatoms. The molecule has 4 N–H and O–H groups in total. The predicted molar refractivity (Wildman–Crippen MR) is 95.0 cm³/mol. The molecule has 2 amide bonds. The van der Waals surface area contributed by atoms with Crippen LogP contribution in [0.25, 0.3) is 0 Å². The Balaban J connectivity index is 2.02. The molecule has 0 heterocycles. The van der Waals surface area contributed by atoms with Crippen LogP contribution in [0, 0.1) is 0 Å². The van der Waals surface area contributed by atoms with Gasteiger partial charge in [-0.25, -0.2) is 4.79 Å². The van der Waals surface area contributed by atoms with E-state index >= 15 is 0 Å². The van der Waals surface area contributed by atoms with Crippen molar-refractivity contribution >= 4 is 29.4 Å². The van der Waals surface area contributed by atoms with Crippen LogP contribution in [0.3, 0.4) is 0 Å². The van der Waals surface area contributed by atoms with Crippen LogP contribution in [-0.2, 0) is 11.3 Å². The molecule has 0 saturated heterocycles. The second-order valence-electron chi connectivity index (χ2n) is 5.19. The molecule has 7 nitrogen and oxygen atoms in total. The number of phenolic OH excluding ortho intramolecular Hbond substituents is 1. The Hall–Kier alpha value is -3.32. The SMILES string of the molecule is O=C(O)C=CNC(=O)c1ccc(C(=O)NCc2cccc(O)c2)cc1Cl. The number of aromatic hydroxyl groups is 1. The first-order valence-electron chi connectivity index (χ1n) is 7.43. The van der Waals surface area contributed by atoms with Gasteiger partial charge < -0.3 is 20.8 Å². The van der Waals surface area contributed by atoms with Crippen LogP contribution in [-0.4, -0.2) is 28.0 Å². The molecule has 2 rings (SSSR count). The summed E-state index contributed by atoms with van der Waals surface area (Å²) in [6, 6.07) is 10.6. The van der Waals surface area contributed by atoms with Gasteiger partial charge in [-0.15, -0.1) is 0 Å². The molecule has 0 aliphatic rings. The van der Waals surface area contributed by atoms with E-state index in [9.17, 15) is 19.5 Å². The lowest BCUT2D eigenvalue weighted by Crippen LogP contribution is -2.23. The highest BCUT2D eigenvalue weighted by Crippen LogP contribution is 2.18. The van der Waals surface area contributed by atoms with E-state index in [0.29, 0.717) is 0 Å². The number of carbonyl (C=O) groups excluding carboxylic acids is 2. The van der Waals surface area contributed by atoms with Gasteiger partial charge in [0.15, 0.2) is 0 Å². The van der Waals surface area contributed by atoms with E-state index in [0.717, 1.165) is 17.8 Å². The van der Waals surface area contributed by atoms with E-state index in [1.807, 2.05) is 0 Å². The van der Waals surface area contributed by atoms with Crippen LogP contribution in [0.1, 0.15) is 26.3 Å². The van der Waals surface area contributed by atoms with Crippen molar-refractivity contribution in [1.82, 2.24) is 10.6 Å². The Labute approximate surface area is 153 Å². The minimum atomic E-state index is -1.20. The Morgan fingerprint density at radius 3 is 2.50 bits per heavy atom. The summed E-state index contributed by atoms with van der Waals surface area (Å²) in [4.78, 5) is 34.4. The molecule has 0 saturated carbocycles. The largest absolute Gasteiger partial charge is 0.508 e. The highest BCUT2D eigenvalue weighted by atomic mass is 35.5. The quantitative estimate of drug-likeness (QED) is 0.579. The van der Waals surface area contributed by atoms with Crippen LogP contribution in [0.4, 0.5) is 0 Å². The number of carboxylic acid groups (broad SMARTS) is 1. The number of aliphatic carboxylic acids is 1. The van der Waals surface area contributed by atoms with Crippen LogP contribution < -0.4 is 10.6 Å². The zero-order chi connectivity index (χ0) is 19.1. The lowest BCUT2D eigenvalue weighted by molar-refractivity contribution is -0.131. The standard InChI is InChI=1S/C18H15ClN2O5/c19-15-9-12(4-5-14(15)18(26)20-7-6-16(23)24)17(25)21-10-11-2-1-3-13(22)8-11/h1-9,22H,10H2,(H,20,26)(H,21,25)(H,23,24). The molecular weight excluding hydrogens is 360 g/mol. The normalized spacial score (nSPS) is 10.5. The van der Waals surface area contributed by atoms with Gasteiger partial charge in [0, 0.05) is 24.4 Å². The molecule has 0 radical (unpaired) electrons. The number of phenols is 1. The summed E-state index contributed by atoms with van der Waals surface area (Å²) in [6.07, 6.45) is 1.76. The molecule has 0 unspecified atom stereocenters. The van der Waals surface area contributed by atoms with Crippen molar-refractivity contribution in [3.8, 4) is 5.75 Å². The zero-order valence-electron chi connectivity index (χ0n) is 13.4. The lowest BCUT2D eigenvalue weighted by atomic mass is 10.1. The number of hydrogen-bond donors (Lipinski definition) is 4. The van der Waals surface area contributed by atoms with E-state index in [1.165, 1.54) is 30.3 Å². The van der Waals surface area contributed by atoms with E-state index < -0.39 is 17.8 Å². The molecule has 26 heavy (non-hydrogen) atoms. The molecule has 0 aromatic heterocycles. The molecule has 2 aromatic carbocycles. The number of amides is 2. The molecule has 0 atom stereocenters. The van der Waals surface area contributed by atoms with E-state index in [1.54, 1.807) is 12.1 Å². The topological polar surface area (TPSA) is 116 Å². The van der Waals surface area contributed by atoms with Gasteiger partial charge in [0.25, 0.3) is 11.8 Å². The highest BCUT2D eigenvalue weighted by molar-refractivity contribution is 6.34. The fourth-order valence-corrected chi connectivity index (χ4v) is 2.32. The second-order valence-corrected chi connectivity index (χ2v) is 5.60. The third-order valence-electron chi connectivity index (χ3n) is 3.28. The Morgan fingerprint density at radius 2 is 1.85 bits per heavy atom. The smallest absolute Gasteiger partial charge is 0.329 e. The molecular formula is C18H15ClN2O5. The van der Waals surface area contributed by atoms with Crippen molar-refractivity contribution in [2.45, 2.75) is 6.54 Å². The molecule has 0 aliphatic carbocycles. The average molecular weight is 375 g/mol. The van der Waals surface area contributed by atoms with Crippen LogP contribution in [0.15, 0.2) is 54.7 Å². The first-order valence-corrected chi connectivity index (χ1v) is 7.80. The van der Waals surface area contributed by atoms with Crippen LogP contribution >= 0.6 is 11.6 Å². The number of halogens is 1. The summed E-state index contributed by atoms with van der Waals surface area (Å²) in [5, 5.41) is 22.9. The monoisotopic (exact) mass is 374 g/mol. The summed E-state index contributed by atoms with van der Waals surface area (Å²) >= 11 is 6.03. The van der Waals surface area contributed by atoms with E-state index in [4.69, 9.17) is 16.7 Å². The van der Waals surface area contributed by atoms with Gasteiger partial charge in [-0.1, -0.05) is 23.7 Å². The van der Waals surface area contributed by atoms with Crippen molar-refractivity contribution in [2.24, 2.45) is 0 Å². The fourth-order valence-electron chi connectivity index (χ4n) is 2.06. The van der Waals surface area contributed by atoms with Crippen molar-refractivity contribution in [1.29, 1.82) is 0 Å². The molecule has 134 valence electrons. The lowest BCUT2D eigenvalue weighted by Gasteiger charge is -2.08. The van der Waals surface area contributed by atoms with E-state index in [-0.39, 0.29) is 28.4 Å². The Bertz CT molecular complexity index is 880. The van der Waals surface area contributed by atoms with Crippen molar-refractivity contribution in [2.75, 3.05) is 0 Å². The van der Waals surface area contributed by atoms with Gasteiger partial charge in [0.1, 0.15) is 5.75 Å². The second kappa shape index (κ2) is 8.68. The maximum atomic E-state index is 12.2. The third kappa shape index (κ3) is 5.35. The molecule has 0 aliphatic heterocycles. The molecule has 2 aromatic rings. The average Bonchev–Trinajstić information content (AvgIpc) is 2.59. The van der Waals surface area contributed by atoms with Crippen molar-refractivity contribution in [3.05, 3.63) is 76.5 Å². The summed E-state index contributed by atoms with van der Waals surface area (Å²) in [7, 11) is 0. The number of carboxylic acids is 1. The molecule has 0 bridgehead atoms. The third-order valence-corrected chi connectivity index (χ3v) is 3.59. The van der Waals surface area contributed by atoms with Gasteiger partial charge in [0.2, 0.25) is 0 Å². The minimum Gasteiger partial charge on any atom is -0.508 e. The molecule has 0 spiro atoms. The minimum absolute atomic E-state index is 0.0521. The first-order chi connectivity index (χ1) is 12.4. The predicted octanol–water partition coefficient (Wildman–Crippen LogP) is 2.30. The maximum Gasteiger partial charge on any atom is 0.329 e. The number of benzene rings is 2. The number of nitrogens with one attached hydrogen (secondary N) is 2. The highest BCUT2D eigenvalue weighted by Gasteiger charge is 2.13.